The Morgan fingerprint density at radius 3 is 2.75 bits per heavy atom. The molecule has 0 spiro atoms. The van der Waals surface area contributed by atoms with E-state index in [1.165, 1.54) is 0 Å². The highest BCUT2D eigenvalue weighted by Crippen LogP contribution is 2.18. The van der Waals surface area contributed by atoms with Crippen LogP contribution in [0.4, 0.5) is 0 Å². The number of imidazole rings is 1. The summed E-state index contributed by atoms with van der Waals surface area (Å²) < 4.78 is 1.76. The van der Waals surface area contributed by atoms with E-state index in [0.717, 1.165) is 25.1 Å². The molecule has 6 heteroatoms. The number of unbranched alkanes of at least 4 members (excludes halogenated alkanes) is 2. The molecule has 0 saturated carbocycles. The van der Waals surface area contributed by atoms with Gasteiger partial charge in [0.25, 0.3) is 0 Å². The summed E-state index contributed by atoms with van der Waals surface area (Å²) in [7, 11) is 1.83. The standard InChI is InChI=1S/C10H14Cl2N4/c1-16-8(9(11)15-10(16)12)7-14-6-4-2-3-5-13/h14H,2-4,6-7H2,1H3. The number of nitrogens with one attached hydrogen (secondary N) is 1. The number of hydrogen-bond donors (Lipinski definition) is 1. The Morgan fingerprint density at radius 1 is 1.44 bits per heavy atom. The molecule has 0 radical (unpaired) electrons. The minimum absolute atomic E-state index is 0.395. The summed E-state index contributed by atoms with van der Waals surface area (Å²) in [6.07, 6.45) is 2.51. The van der Waals surface area contributed by atoms with Crippen LogP contribution in [0.5, 0.6) is 0 Å². The highest BCUT2D eigenvalue weighted by Gasteiger charge is 2.10. The van der Waals surface area contributed by atoms with E-state index in [1.54, 1.807) is 4.57 Å². The second-order valence-electron chi connectivity index (χ2n) is 3.47. The first kappa shape index (κ1) is 13.3. The predicted octanol–water partition coefficient (Wildman–Crippen LogP) is 2.51. The average molecular weight is 261 g/mol. The van der Waals surface area contributed by atoms with Gasteiger partial charge in [-0.2, -0.15) is 5.26 Å². The van der Waals surface area contributed by atoms with Crippen LogP contribution in [0.25, 0.3) is 0 Å². The molecule has 1 N–H and O–H groups in total. The topological polar surface area (TPSA) is 53.6 Å². The van der Waals surface area contributed by atoms with Crippen LogP contribution in [-0.4, -0.2) is 16.1 Å². The first-order valence-electron chi connectivity index (χ1n) is 5.11. The lowest BCUT2D eigenvalue weighted by Crippen LogP contribution is -2.16. The molecule has 0 atom stereocenters. The highest BCUT2D eigenvalue weighted by molar-refractivity contribution is 6.32. The molecule has 0 fully saturated rings. The molecule has 1 aromatic rings. The van der Waals surface area contributed by atoms with Gasteiger partial charge in [0.2, 0.25) is 5.28 Å². The van der Waals surface area contributed by atoms with Crippen molar-refractivity contribution in [2.24, 2.45) is 7.05 Å². The fourth-order valence-corrected chi connectivity index (χ4v) is 1.83. The quantitative estimate of drug-likeness (QED) is 0.800. The predicted molar refractivity (Wildman–Crippen MR) is 64.4 cm³/mol. The molecule has 0 amide bonds. The Kier molecular flexibility index (Phi) is 5.61. The van der Waals surface area contributed by atoms with Gasteiger partial charge in [0.1, 0.15) is 0 Å². The van der Waals surface area contributed by atoms with Crippen molar-refractivity contribution in [1.29, 1.82) is 5.26 Å². The lowest BCUT2D eigenvalue weighted by molar-refractivity contribution is 0.610. The van der Waals surface area contributed by atoms with E-state index >= 15 is 0 Å². The third kappa shape index (κ3) is 3.67. The lowest BCUT2D eigenvalue weighted by atomic mass is 10.2. The number of nitrogens with zero attached hydrogens (tertiary/aromatic N) is 3. The summed E-state index contributed by atoms with van der Waals surface area (Å²) in [6.45, 7) is 1.50. The average Bonchev–Trinajstić information content (AvgIpc) is 2.49. The van der Waals surface area contributed by atoms with E-state index in [-0.39, 0.29) is 0 Å². The molecule has 0 aromatic carbocycles. The maximum absolute atomic E-state index is 8.36. The van der Waals surface area contributed by atoms with E-state index in [0.29, 0.717) is 23.4 Å². The number of nitriles is 1. The number of hydrogen-bond acceptors (Lipinski definition) is 3. The molecule has 0 aliphatic heterocycles. The first-order valence-corrected chi connectivity index (χ1v) is 5.86. The molecule has 1 heterocycles. The van der Waals surface area contributed by atoms with Gasteiger partial charge in [-0.05, 0) is 31.0 Å². The van der Waals surface area contributed by atoms with Gasteiger partial charge in [0, 0.05) is 20.0 Å². The molecule has 0 aliphatic rings. The van der Waals surface area contributed by atoms with Gasteiger partial charge in [-0.15, -0.1) is 0 Å². The second kappa shape index (κ2) is 6.74. The molecule has 1 aromatic heterocycles. The molecule has 0 aliphatic carbocycles. The van der Waals surface area contributed by atoms with Crippen molar-refractivity contribution < 1.29 is 0 Å². The van der Waals surface area contributed by atoms with Crippen molar-refractivity contribution in [2.45, 2.75) is 25.8 Å². The van der Waals surface area contributed by atoms with Crippen LogP contribution in [0, 0.1) is 11.3 Å². The van der Waals surface area contributed by atoms with E-state index in [2.05, 4.69) is 16.4 Å². The SMILES string of the molecule is Cn1c(Cl)nc(Cl)c1CNCCCCC#N. The number of aromatic nitrogens is 2. The highest BCUT2D eigenvalue weighted by atomic mass is 35.5. The Balaban J connectivity index is 2.30. The summed E-state index contributed by atoms with van der Waals surface area (Å²) in [4.78, 5) is 3.95. The van der Waals surface area contributed by atoms with Crippen LogP contribution in [0.2, 0.25) is 10.4 Å². The van der Waals surface area contributed by atoms with Crippen molar-refractivity contribution in [3.8, 4) is 6.07 Å². The maximum Gasteiger partial charge on any atom is 0.204 e. The van der Waals surface area contributed by atoms with Gasteiger partial charge in [-0.3, -0.25) is 0 Å². The molecule has 0 unspecified atom stereocenters. The Morgan fingerprint density at radius 2 is 2.19 bits per heavy atom. The van der Waals surface area contributed by atoms with E-state index in [9.17, 15) is 0 Å². The van der Waals surface area contributed by atoms with Crippen molar-refractivity contribution in [3.63, 3.8) is 0 Å². The molecular weight excluding hydrogens is 247 g/mol. The lowest BCUT2D eigenvalue weighted by Gasteiger charge is -2.05. The molecule has 4 nitrogen and oxygen atoms in total. The number of rotatable bonds is 6. The summed E-state index contributed by atoms with van der Waals surface area (Å²) >= 11 is 11.7. The molecular formula is C10H14Cl2N4. The number of halogens is 2. The summed E-state index contributed by atoms with van der Waals surface area (Å²) in [5, 5.41) is 12.4. The van der Waals surface area contributed by atoms with Crippen molar-refractivity contribution >= 4 is 23.2 Å². The van der Waals surface area contributed by atoms with Crippen LogP contribution < -0.4 is 5.32 Å². The van der Waals surface area contributed by atoms with Gasteiger partial charge >= 0.3 is 0 Å². The molecule has 0 saturated heterocycles. The molecule has 0 bridgehead atoms. The molecule has 16 heavy (non-hydrogen) atoms. The van der Waals surface area contributed by atoms with Gasteiger partial charge < -0.3 is 9.88 Å². The summed E-state index contributed by atoms with van der Waals surface area (Å²) in [5.74, 6) is 0. The van der Waals surface area contributed by atoms with Gasteiger partial charge in [0.05, 0.1) is 11.8 Å². The fraction of sp³-hybridized carbons (Fsp3) is 0.600. The zero-order valence-corrected chi connectivity index (χ0v) is 10.6. The third-order valence-corrected chi connectivity index (χ3v) is 2.94. The Bertz CT molecular complexity index is 381. The van der Waals surface area contributed by atoms with E-state index in [4.69, 9.17) is 28.5 Å². The van der Waals surface area contributed by atoms with Crippen LogP contribution in [0.15, 0.2) is 0 Å². The zero-order chi connectivity index (χ0) is 12.0. The van der Waals surface area contributed by atoms with Crippen LogP contribution >= 0.6 is 23.2 Å². The first-order chi connectivity index (χ1) is 7.66. The van der Waals surface area contributed by atoms with Gasteiger partial charge in [-0.25, -0.2) is 4.98 Å². The van der Waals surface area contributed by atoms with Crippen LogP contribution in [0.1, 0.15) is 25.0 Å². The molecule has 88 valence electrons. The van der Waals surface area contributed by atoms with E-state index in [1.807, 2.05) is 7.05 Å². The summed E-state index contributed by atoms with van der Waals surface area (Å²) in [6, 6.07) is 2.12. The smallest absolute Gasteiger partial charge is 0.204 e. The largest absolute Gasteiger partial charge is 0.319 e. The summed E-state index contributed by atoms with van der Waals surface area (Å²) in [5.41, 5.74) is 0.881. The zero-order valence-electron chi connectivity index (χ0n) is 9.13. The Hall–Kier alpha value is -0.760. The Labute approximate surface area is 105 Å². The van der Waals surface area contributed by atoms with Crippen LogP contribution in [0.3, 0.4) is 0 Å². The minimum Gasteiger partial charge on any atom is -0.319 e. The van der Waals surface area contributed by atoms with Crippen molar-refractivity contribution in [1.82, 2.24) is 14.9 Å². The molecule has 1 rings (SSSR count). The minimum atomic E-state index is 0.395. The fourth-order valence-electron chi connectivity index (χ4n) is 1.32. The van der Waals surface area contributed by atoms with E-state index < -0.39 is 0 Å². The maximum atomic E-state index is 8.36. The second-order valence-corrected chi connectivity index (χ2v) is 4.17. The third-order valence-electron chi connectivity index (χ3n) is 2.29. The monoisotopic (exact) mass is 260 g/mol. The van der Waals surface area contributed by atoms with Crippen molar-refractivity contribution in [3.05, 3.63) is 16.1 Å². The van der Waals surface area contributed by atoms with Crippen LogP contribution in [-0.2, 0) is 13.6 Å². The van der Waals surface area contributed by atoms with Gasteiger partial charge in [0.15, 0.2) is 5.15 Å². The van der Waals surface area contributed by atoms with Gasteiger partial charge in [-0.1, -0.05) is 11.6 Å². The normalized spacial score (nSPS) is 10.4. The van der Waals surface area contributed by atoms with Crippen molar-refractivity contribution in [2.75, 3.05) is 6.54 Å².